The first-order valence-corrected chi connectivity index (χ1v) is 9.74. The van der Waals surface area contributed by atoms with Crippen LogP contribution >= 0.6 is 11.3 Å². The largest absolute Gasteiger partial charge is 0.416 e. The fourth-order valence-corrected chi connectivity index (χ4v) is 3.58. The van der Waals surface area contributed by atoms with Gasteiger partial charge < -0.3 is 10.2 Å². The van der Waals surface area contributed by atoms with Crippen LogP contribution in [0.25, 0.3) is 10.6 Å². The van der Waals surface area contributed by atoms with Crippen LogP contribution in [0.5, 0.6) is 0 Å². The predicted octanol–water partition coefficient (Wildman–Crippen LogP) is 5.39. The second-order valence-electron chi connectivity index (χ2n) is 6.78. The Balaban J connectivity index is 1.87. The standard InChI is InChI=1S/C21H20F3N3OS/c1-13(14-5-4-6-15(11-14)20-25-9-10-29-20)26-19(28)17-12-16(21(22,23)24)7-8-18(17)27(2)3/h4-13H,1-3H3,(H,26,28). The quantitative estimate of drug-likeness (QED) is 0.603. The number of nitrogens with one attached hydrogen (secondary N) is 1. The Bertz CT molecular complexity index is 1000. The molecule has 1 N–H and O–H groups in total. The highest BCUT2D eigenvalue weighted by Crippen LogP contribution is 2.33. The summed E-state index contributed by atoms with van der Waals surface area (Å²) in [6.45, 7) is 1.79. The number of hydrogen-bond acceptors (Lipinski definition) is 4. The molecule has 3 aromatic rings. The SMILES string of the molecule is CC(NC(=O)c1cc(C(F)(F)F)ccc1N(C)C)c1cccc(-c2nccs2)c1. The molecule has 0 aliphatic rings. The Labute approximate surface area is 171 Å². The minimum atomic E-state index is -4.52. The number of carbonyl (C=O) groups excluding carboxylic acids is 1. The highest BCUT2D eigenvalue weighted by Gasteiger charge is 2.32. The summed E-state index contributed by atoms with van der Waals surface area (Å²) in [5.41, 5.74) is 1.30. The lowest BCUT2D eigenvalue weighted by Crippen LogP contribution is -2.29. The average molecular weight is 419 g/mol. The van der Waals surface area contributed by atoms with Gasteiger partial charge in [0.2, 0.25) is 0 Å². The molecule has 1 heterocycles. The van der Waals surface area contributed by atoms with Crippen LogP contribution in [0.1, 0.15) is 34.5 Å². The fraction of sp³-hybridized carbons (Fsp3) is 0.238. The molecular weight excluding hydrogens is 399 g/mol. The molecule has 0 fully saturated rings. The second-order valence-corrected chi connectivity index (χ2v) is 7.68. The van der Waals surface area contributed by atoms with Gasteiger partial charge in [0.15, 0.2) is 0 Å². The van der Waals surface area contributed by atoms with Crippen molar-refractivity contribution in [1.29, 1.82) is 0 Å². The number of rotatable bonds is 5. The molecule has 4 nitrogen and oxygen atoms in total. The van der Waals surface area contributed by atoms with E-state index in [1.54, 1.807) is 32.1 Å². The molecule has 8 heteroatoms. The van der Waals surface area contributed by atoms with Gasteiger partial charge in [-0.3, -0.25) is 4.79 Å². The Morgan fingerprint density at radius 3 is 2.55 bits per heavy atom. The van der Waals surface area contributed by atoms with Gasteiger partial charge in [-0.05, 0) is 36.8 Å². The normalized spacial score (nSPS) is 12.5. The van der Waals surface area contributed by atoms with Gasteiger partial charge in [-0.15, -0.1) is 11.3 Å². The third-order valence-electron chi connectivity index (χ3n) is 4.46. The van der Waals surface area contributed by atoms with Crippen molar-refractivity contribution in [3.63, 3.8) is 0 Å². The van der Waals surface area contributed by atoms with E-state index in [0.29, 0.717) is 5.69 Å². The van der Waals surface area contributed by atoms with Crippen molar-refractivity contribution in [2.75, 3.05) is 19.0 Å². The number of nitrogens with zero attached hydrogens (tertiary/aromatic N) is 2. The van der Waals surface area contributed by atoms with Crippen LogP contribution in [0.2, 0.25) is 0 Å². The van der Waals surface area contributed by atoms with E-state index in [1.807, 2.05) is 29.6 Å². The van der Waals surface area contributed by atoms with Gasteiger partial charge in [-0.25, -0.2) is 4.98 Å². The molecule has 0 saturated heterocycles. The van der Waals surface area contributed by atoms with Gasteiger partial charge in [-0.2, -0.15) is 13.2 Å². The van der Waals surface area contributed by atoms with Gasteiger partial charge >= 0.3 is 6.18 Å². The lowest BCUT2D eigenvalue weighted by atomic mass is 10.0. The zero-order chi connectivity index (χ0) is 21.2. The Morgan fingerprint density at radius 1 is 1.17 bits per heavy atom. The van der Waals surface area contributed by atoms with Crippen LogP contribution in [0.15, 0.2) is 54.0 Å². The summed E-state index contributed by atoms with van der Waals surface area (Å²) in [5.74, 6) is -0.563. The fourth-order valence-electron chi connectivity index (χ4n) is 2.95. The van der Waals surface area contributed by atoms with E-state index in [0.717, 1.165) is 28.3 Å². The molecule has 1 amide bonds. The highest BCUT2D eigenvalue weighted by atomic mass is 32.1. The monoisotopic (exact) mass is 419 g/mol. The zero-order valence-electron chi connectivity index (χ0n) is 16.1. The molecule has 152 valence electrons. The number of thiazole rings is 1. The van der Waals surface area contributed by atoms with Gasteiger partial charge in [0, 0.05) is 36.9 Å². The van der Waals surface area contributed by atoms with Gasteiger partial charge in [0.05, 0.1) is 17.2 Å². The number of aromatic nitrogens is 1. The van der Waals surface area contributed by atoms with Crippen LogP contribution in [0.4, 0.5) is 18.9 Å². The molecule has 3 rings (SSSR count). The number of halogens is 3. The summed E-state index contributed by atoms with van der Waals surface area (Å²) in [4.78, 5) is 18.7. The van der Waals surface area contributed by atoms with Crippen molar-refractivity contribution in [3.8, 4) is 10.6 Å². The minimum Gasteiger partial charge on any atom is -0.377 e. The van der Waals surface area contributed by atoms with Crippen molar-refractivity contribution in [2.24, 2.45) is 0 Å². The van der Waals surface area contributed by atoms with E-state index in [1.165, 1.54) is 17.4 Å². The van der Waals surface area contributed by atoms with Crippen LogP contribution < -0.4 is 10.2 Å². The molecule has 1 aromatic heterocycles. The maximum Gasteiger partial charge on any atom is 0.416 e. The van der Waals surface area contributed by atoms with Crippen molar-refractivity contribution in [2.45, 2.75) is 19.1 Å². The van der Waals surface area contributed by atoms with E-state index in [-0.39, 0.29) is 5.56 Å². The lowest BCUT2D eigenvalue weighted by molar-refractivity contribution is -0.137. The summed E-state index contributed by atoms with van der Waals surface area (Å²) >= 11 is 1.51. The maximum atomic E-state index is 13.1. The number of anilines is 1. The molecule has 0 spiro atoms. The van der Waals surface area contributed by atoms with Crippen molar-refractivity contribution >= 4 is 22.9 Å². The molecule has 1 unspecified atom stereocenters. The third-order valence-corrected chi connectivity index (χ3v) is 5.29. The van der Waals surface area contributed by atoms with E-state index in [2.05, 4.69) is 10.3 Å². The molecular formula is C21H20F3N3OS. The minimum absolute atomic E-state index is 0.0206. The lowest BCUT2D eigenvalue weighted by Gasteiger charge is -2.21. The topological polar surface area (TPSA) is 45.2 Å². The smallest absolute Gasteiger partial charge is 0.377 e. The number of hydrogen-bond donors (Lipinski definition) is 1. The van der Waals surface area contributed by atoms with Crippen molar-refractivity contribution < 1.29 is 18.0 Å². The average Bonchev–Trinajstić information content (AvgIpc) is 3.21. The van der Waals surface area contributed by atoms with Crippen molar-refractivity contribution in [1.82, 2.24) is 10.3 Å². The van der Waals surface area contributed by atoms with E-state index < -0.39 is 23.7 Å². The molecule has 0 aliphatic carbocycles. The molecule has 0 radical (unpaired) electrons. The summed E-state index contributed by atoms with van der Waals surface area (Å²) in [5, 5.41) is 5.55. The second kappa shape index (κ2) is 8.24. The zero-order valence-corrected chi connectivity index (χ0v) is 16.9. The summed E-state index contributed by atoms with van der Waals surface area (Å²) in [6.07, 6.45) is -2.80. The maximum absolute atomic E-state index is 13.1. The molecule has 0 saturated carbocycles. The van der Waals surface area contributed by atoms with Crippen LogP contribution in [-0.2, 0) is 6.18 Å². The molecule has 0 bridgehead atoms. The Hall–Kier alpha value is -2.87. The molecule has 1 atom stereocenters. The number of amides is 1. The van der Waals surface area contributed by atoms with E-state index in [4.69, 9.17) is 0 Å². The van der Waals surface area contributed by atoms with Crippen LogP contribution in [0.3, 0.4) is 0 Å². The summed E-state index contributed by atoms with van der Waals surface area (Å²) in [6, 6.07) is 10.4. The van der Waals surface area contributed by atoms with Crippen molar-refractivity contribution in [3.05, 3.63) is 70.7 Å². The first-order valence-electron chi connectivity index (χ1n) is 8.86. The van der Waals surface area contributed by atoms with Gasteiger partial charge in [0.25, 0.3) is 5.91 Å². The molecule has 0 aliphatic heterocycles. The molecule has 2 aromatic carbocycles. The first-order chi connectivity index (χ1) is 13.7. The van der Waals surface area contributed by atoms with Gasteiger partial charge in [-0.1, -0.05) is 18.2 Å². The molecule has 29 heavy (non-hydrogen) atoms. The Kier molecular flexibility index (Phi) is 5.93. The number of carbonyl (C=O) groups is 1. The first kappa shape index (κ1) is 20.9. The third kappa shape index (κ3) is 4.76. The number of alkyl halides is 3. The van der Waals surface area contributed by atoms with E-state index in [9.17, 15) is 18.0 Å². The van der Waals surface area contributed by atoms with Crippen LogP contribution in [-0.4, -0.2) is 25.0 Å². The van der Waals surface area contributed by atoms with Crippen LogP contribution in [0, 0.1) is 0 Å². The van der Waals surface area contributed by atoms with Gasteiger partial charge in [0.1, 0.15) is 5.01 Å². The highest BCUT2D eigenvalue weighted by molar-refractivity contribution is 7.13. The Morgan fingerprint density at radius 2 is 1.93 bits per heavy atom. The predicted molar refractivity (Wildman–Crippen MR) is 109 cm³/mol. The summed E-state index contributed by atoms with van der Waals surface area (Å²) in [7, 11) is 3.36. The van der Waals surface area contributed by atoms with E-state index >= 15 is 0 Å². The number of benzene rings is 2. The summed E-state index contributed by atoms with van der Waals surface area (Å²) < 4.78 is 39.4.